The Morgan fingerprint density at radius 2 is 1.62 bits per heavy atom. The molecule has 0 radical (unpaired) electrons. The van der Waals surface area contributed by atoms with E-state index in [2.05, 4.69) is 68.2 Å². The van der Waals surface area contributed by atoms with Gasteiger partial charge < -0.3 is 0 Å². The minimum atomic E-state index is 0.763. The molecule has 0 amide bonds. The number of rotatable bonds is 6. The first-order valence-electron chi connectivity index (χ1n) is 10.1. The van der Waals surface area contributed by atoms with Gasteiger partial charge in [-0.25, -0.2) is 0 Å². The summed E-state index contributed by atoms with van der Waals surface area (Å²) in [5.74, 6) is 1.77. The molecular weight excluding hydrogens is 378 g/mol. The highest BCUT2D eigenvalue weighted by molar-refractivity contribution is 7.98. The van der Waals surface area contributed by atoms with Crippen LogP contribution in [-0.2, 0) is 12.3 Å². The third kappa shape index (κ3) is 4.04. The van der Waals surface area contributed by atoms with Crippen molar-refractivity contribution in [1.29, 1.82) is 0 Å². The third-order valence-electron chi connectivity index (χ3n) is 5.28. The summed E-state index contributed by atoms with van der Waals surface area (Å²) in [6, 6.07) is 22.9. The highest BCUT2D eigenvalue weighted by Gasteiger charge is 2.19. The maximum Gasteiger partial charge on any atom is 0.196 e. The second kappa shape index (κ2) is 8.35. The molecule has 1 fully saturated rings. The standard InChI is InChI=1S/C23H23N5S/c1-2-9-20(10-3-1)28-22(16-27-14-6-7-15-27)25-26-23(28)29-17-19-13-12-18-8-4-5-11-21(18)24-19/h1-5,8-13H,6-7,14-17H2. The van der Waals surface area contributed by atoms with Crippen LogP contribution >= 0.6 is 11.8 Å². The van der Waals surface area contributed by atoms with Crippen molar-refractivity contribution in [2.75, 3.05) is 13.1 Å². The van der Waals surface area contributed by atoms with E-state index < -0.39 is 0 Å². The summed E-state index contributed by atoms with van der Waals surface area (Å²) >= 11 is 1.69. The maximum atomic E-state index is 4.80. The Balaban J connectivity index is 1.41. The first kappa shape index (κ1) is 18.3. The zero-order chi connectivity index (χ0) is 19.5. The van der Waals surface area contributed by atoms with Crippen LogP contribution in [0.4, 0.5) is 0 Å². The van der Waals surface area contributed by atoms with Gasteiger partial charge in [-0.15, -0.1) is 10.2 Å². The number of thioether (sulfide) groups is 1. The van der Waals surface area contributed by atoms with Crippen LogP contribution < -0.4 is 0 Å². The van der Waals surface area contributed by atoms with Crippen LogP contribution in [0, 0.1) is 0 Å². The first-order chi connectivity index (χ1) is 14.4. The lowest BCUT2D eigenvalue weighted by Gasteiger charge is -2.16. The number of benzene rings is 2. The lowest BCUT2D eigenvalue weighted by atomic mass is 10.2. The van der Waals surface area contributed by atoms with Crippen molar-refractivity contribution in [3.05, 3.63) is 78.2 Å². The molecule has 0 atom stereocenters. The second-order valence-corrected chi connectivity index (χ2v) is 8.28. The number of likely N-dealkylation sites (tertiary alicyclic amines) is 1. The van der Waals surface area contributed by atoms with Crippen LogP contribution in [0.3, 0.4) is 0 Å². The predicted molar refractivity (Wildman–Crippen MR) is 117 cm³/mol. The molecule has 0 bridgehead atoms. The van der Waals surface area contributed by atoms with Gasteiger partial charge in [0.25, 0.3) is 0 Å². The SMILES string of the molecule is c1ccc(-n2c(CN3CCCC3)nnc2SCc2ccc3ccccc3n2)cc1. The molecule has 2 aromatic carbocycles. The van der Waals surface area contributed by atoms with Gasteiger partial charge in [0.15, 0.2) is 11.0 Å². The van der Waals surface area contributed by atoms with Crippen molar-refractivity contribution >= 4 is 22.7 Å². The topological polar surface area (TPSA) is 46.8 Å². The van der Waals surface area contributed by atoms with Gasteiger partial charge >= 0.3 is 0 Å². The van der Waals surface area contributed by atoms with Gasteiger partial charge in [-0.05, 0) is 50.2 Å². The van der Waals surface area contributed by atoms with Crippen molar-refractivity contribution < 1.29 is 0 Å². The van der Waals surface area contributed by atoms with Gasteiger partial charge in [-0.2, -0.15) is 0 Å². The van der Waals surface area contributed by atoms with E-state index in [1.165, 1.54) is 18.2 Å². The van der Waals surface area contributed by atoms with E-state index >= 15 is 0 Å². The van der Waals surface area contributed by atoms with Crippen molar-refractivity contribution in [2.24, 2.45) is 0 Å². The summed E-state index contributed by atoms with van der Waals surface area (Å²) in [5.41, 5.74) is 3.20. The van der Waals surface area contributed by atoms with E-state index in [1.54, 1.807) is 11.8 Å². The Morgan fingerprint density at radius 1 is 0.828 bits per heavy atom. The highest BCUT2D eigenvalue weighted by Crippen LogP contribution is 2.26. The maximum absolute atomic E-state index is 4.80. The minimum Gasteiger partial charge on any atom is -0.296 e. The van der Waals surface area contributed by atoms with E-state index in [0.717, 1.165) is 53.3 Å². The van der Waals surface area contributed by atoms with Gasteiger partial charge in [0.1, 0.15) is 0 Å². The highest BCUT2D eigenvalue weighted by atomic mass is 32.2. The molecule has 4 aromatic rings. The summed E-state index contributed by atoms with van der Waals surface area (Å²) < 4.78 is 2.20. The van der Waals surface area contributed by atoms with Crippen molar-refractivity contribution in [1.82, 2.24) is 24.6 Å². The van der Waals surface area contributed by atoms with Crippen molar-refractivity contribution in [3.8, 4) is 5.69 Å². The van der Waals surface area contributed by atoms with Crippen LogP contribution in [0.1, 0.15) is 24.4 Å². The molecule has 1 aliphatic heterocycles. The van der Waals surface area contributed by atoms with E-state index in [0.29, 0.717) is 0 Å². The molecule has 146 valence electrons. The molecule has 2 aromatic heterocycles. The van der Waals surface area contributed by atoms with Gasteiger partial charge in [0.05, 0.1) is 17.8 Å². The van der Waals surface area contributed by atoms with E-state index in [9.17, 15) is 0 Å². The fourth-order valence-corrected chi connectivity index (χ4v) is 4.68. The van der Waals surface area contributed by atoms with Crippen LogP contribution in [0.5, 0.6) is 0 Å². The zero-order valence-electron chi connectivity index (χ0n) is 16.2. The number of fused-ring (bicyclic) bond motifs is 1. The molecule has 29 heavy (non-hydrogen) atoms. The second-order valence-electron chi connectivity index (χ2n) is 7.34. The average Bonchev–Trinajstić information content (AvgIpc) is 3.43. The Hall–Kier alpha value is -2.70. The lowest BCUT2D eigenvalue weighted by molar-refractivity contribution is 0.319. The smallest absolute Gasteiger partial charge is 0.196 e. The van der Waals surface area contributed by atoms with Gasteiger partial charge in [-0.3, -0.25) is 14.5 Å². The summed E-state index contributed by atoms with van der Waals surface area (Å²) in [6.45, 7) is 3.13. The largest absolute Gasteiger partial charge is 0.296 e. The summed E-state index contributed by atoms with van der Waals surface area (Å²) in [6.07, 6.45) is 2.55. The Labute approximate surface area is 174 Å². The average molecular weight is 402 g/mol. The molecule has 1 aliphatic rings. The van der Waals surface area contributed by atoms with E-state index in [1.807, 2.05) is 18.2 Å². The number of aromatic nitrogens is 4. The Kier molecular flexibility index (Phi) is 5.28. The molecule has 1 saturated heterocycles. The molecule has 0 aliphatic carbocycles. The minimum absolute atomic E-state index is 0.763. The van der Waals surface area contributed by atoms with Crippen LogP contribution in [0.2, 0.25) is 0 Å². The van der Waals surface area contributed by atoms with E-state index in [-0.39, 0.29) is 0 Å². The summed E-state index contributed by atoms with van der Waals surface area (Å²) in [5, 5.41) is 11.2. The van der Waals surface area contributed by atoms with E-state index in [4.69, 9.17) is 4.98 Å². The number of pyridine rings is 1. The summed E-state index contributed by atoms with van der Waals surface area (Å²) in [4.78, 5) is 7.26. The van der Waals surface area contributed by atoms with Crippen LogP contribution in [0.25, 0.3) is 16.6 Å². The number of nitrogens with zero attached hydrogens (tertiary/aromatic N) is 5. The molecule has 0 unspecified atom stereocenters. The molecule has 5 nitrogen and oxygen atoms in total. The first-order valence-corrected chi connectivity index (χ1v) is 11.0. The molecule has 5 rings (SSSR count). The van der Waals surface area contributed by atoms with Gasteiger partial charge in [-0.1, -0.05) is 54.2 Å². The Morgan fingerprint density at radius 3 is 2.48 bits per heavy atom. The number of hydrogen-bond acceptors (Lipinski definition) is 5. The lowest BCUT2D eigenvalue weighted by Crippen LogP contribution is -2.21. The van der Waals surface area contributed by atoms with Crippen LogP contribution in [-0.4, -0.2) is 37.7 Å². The molecule has 3 heterocycles. The molecular formula is C23H23N5S. The predicted octanol–water partition coefficient (Wildman–Crippen LogP) is 4.70. The fraction of sp³-hybridized carbons (Fsp3) is 0.261. The Bertz CT molecular complexity index is 1100. The normalized spacial score (nSPS) is 14.6. The molecule has 0 saturated carbocycles. The number of para-hydroxylation sites is 2. The monoisotopic (exact) mass is 401 g/mol. The van der Waals surface area contributed by atoms with Gasteiger partial charge in [0, 0.05) is 16.8 Å². The molecule has 6 heteroatoms. The van der Waals surface area contributed by atoms with Crippen LogP contribution in [0.15, 0.2) is 71.9 Å². The van der Waals surface area contributed by atoms with Crippen molar-refractivity contribution in [2.45, 2.75) is 30.3 Å². The van der Waals surface area contributed by atoms with Gasteiger partial charge in [0.2, 0.25) is 0 Å². The molecule has 0 N–H and O–H groups in total. The number of hydrogen-bond donors (Lipinski definition) is 0. The zero-order valence-corrected chi connectivity index (χ0v) is 17.1. The quantitative estimate of drug-likeness (QED) is 0.438. The third-order valence-corrected chi connectivity index (χ3v) is 6.25. The molecule has 0 spiro atoms. The fourth-order valence-electron chi connectivity index (χ4n) is 3.80. The summed E-state index contributed by atoms with van der Waals surface area (Å²) in [7, 11) is 0. The van der Waals surface area contributed by atoms with Crippen molar-refractivity contribution in [3.63, 3.8) is 0 Å².